The first-order valence-electron chi connectivity index (χ1n) is 13.2. The summed E-state index contributed by atoms with van der Waals surface area (Å²) in [6, 6.07) is 4.58. The number of β-lactam (4-membered cyclic amide) rings is 1. The summed E-state index contributed by atoms with van der Waals surface area (Å²) < 4.78 is 3.94. The molecule has 232 valence electrons. The minimum Gasteiger partial charge on any atom is -0.478 e. The van der Waals surface area contributed by atoms with Crippen LogP contribution < -0.4 is 21.4 Å². The third-order valence-electron chi connectivity index (χ3n) is 6.89. The zero-order valence-corrected chi connectivity index (χ0v) is 25.7. The summed E-state index contributed by atoms with van der Waals surface area (Å²) in [4.78, 5) is 60.3. The summed E-state index contributed by atoms with van der Waals surface area (Å²) in [7, 11) is 0. The maximum absolute atomic E-state index is 13.3. The molecule has 0 aromatic carbocycles. The van der Waals surface area contributed by atoms with Gasteiger partial charge in [-0.15, -0.1) is 11.8 Å². The van der Waals surface area contributed by atoms with Crippen LogP contribution in [0.1, 0.15) is 19.5 Å². The van der Waals surface area contributed by atoms with Crippen LogP contribution in [0, 0.1) is 0 Å². The summed E-state index contributed by atoms with van der Waals surface area (Å²) in [5.74, 6) is -3.89. The Bertz CT molecular complexity index is 1740. The van der Waals surface area contributed by atoms with E-state index in [0.29, 0.717) is 12.1 Å². The summed E-state index contributed by atoms with van der Waals surface area (Å²) in [6.07, 6.45) is 2.36. The predicted octanol–water partition coefficient (Wildman–Crippen LogP) is 0.601. The standard InChI is InChI=1S/C26H27ClN8O7S2/c1-11(28)8-34-7-5-15-14(34)4-3-6-33(15)9-13-10-43-23-18(22(37)35(23)19(13)25(40)41)30-21(36)17(32-42-12(2)24(38)39)16-20(27)44-26(29)31-16/h3-7,11-12,18,23H,8-10,28H2,1-2H3,(H4-,29,30,31,36,38,39,40,41)/p+1/t11?,12-,18+,23+/m0/s1. The number of carboxylic acid groups (broad SMARTS) is 2. The van der Waals surface area contributed by atoms with E-state index in [4.69, 9.17) is 33.0 Å². The Morgan fingerprint density at radius 3 is 2.70 bits per heavy atom. The second-order valence-electron chi connectivity index (χ2n) is 10.2. The number of nitrogens with zero attached hydrogens (tertiary/aromatic N) is 5. The number of fused-ring (bicyclic) bond motifs is 2. The molecule has 1 saturated heterocycles. The zero-order chi connectivity index (χ0) is 31.9. The number of hydrogen-bond acceptors (Lipinski definition) is 11. The van der Waals surface area contributed by atoms with E-state index in [1.54, 1.807) is 0 Å². The summed E-state index contributed by atoms with van der Waals surface area (Å²) in [5.41, 5.74) is 13.2. The van der Waals surface area contributed by atoms with Crippen molar-refractivity contribution in [3.05, 3.63) is 51.9 Å². The number of pyridine rings is 1. The number of amides is 2. The highest BCUT2D eigenvalue weighted by Crippen LogP contribution is 2.40. The van der Waals surface area contributed by atoms with Crippen molar-refractivity contribution in [2.75, 3.05) is 11.5 Å². The van der Waals surface area contributed by atoms with E-state index in [2.05, 4.69) is 15.5 Å². The van der Waals surface area contributed by atoms with Crippen molar-refractivity contribution >= 4 is 80.3 Å². The molecule has 0 bridgehead atoms. The number of aliphatic carboxylic acids is 2. The maximum atomic E-state index is 13.3. The number of thioether (sulfide) groups is 1. The largest absolute Gasteiger partial charge is 0.478 e. The van der Waals surface area contributed by atoms with Crippen LogP contribution in [0.5, 0.6) is 0 Å². The van der Waals surface area contributed by atoms with Crippen molar-refractivity contribution in [3.8, 4) is 0 Å². The lowest BCUT2D eigenvalue weighted by atomic mass is 10.0. The van der Waals surface area contributed by atoms with Crippen LogP contribution in [0.4, 0.5) is 5.13 Å². The number of oxime groups is 1. The fourth-order valence-electron chi connectivity index (χ4n) is 4.88. The molecule has 5 heterocycles. The number of carbonyl (C=O) groups is 4. The highest BCUT2D eigenvalue weighted by Gasteiger charge is 2.55. The van der Waals surface area contributed by atoms with Crippen LogP contribution in [0.15, 0.2) is 47.0 Å². The third-order valence-corrected chi connectivity index (χ3v) is 9.31. The van der Waals surface area contributed by atoms with E-state index in [-0.39, 0.29) is 39.2 Å². The number of nitrogens with one attached hydrogen (secondary N) is 1. The van der Waals surface area contributed by atoms with E-state index >= 15 is 0 Å². The van der Waals surface area contributed by atoms with Gasteiger partial charge in [-0.25, -0.2) is 14.6 Å². The quantitative estimate of drug-likeness (QED) is 0.0827. The number of carbonyl (C=O) groups excluding carboxylic acids is 2. The maximum Gasteiger partial charge on any atom is 0.352 e. The lowest BCUT2D eigenvalue weighted by Gasteiger charge is -2.49. The third kappa shape index (κ3) is 5.95. The number of hydrogen-bond donors (Lipinski definition) is 5. The molecular formula is C26H28ClN8O7S2+. The smallest absolute Gasteiger partial charge is 0.352 e. The Hall–Kier alpha value is -4.19. The highest BCUT2D eigenvalue weighted by molar-refractivity contribution is 8.00. The van der Waals surface area contributed by atoms with Gasteiger partial charge in [0.15, 0.2) is 23.6 Å². The van der Waals surface area contributed by atoms with Gasteiger partial charge < -0.3 is 36.4 Å². The minimum absolute atomic E-state index is 0.00211. The monoisotopic (exact) mass is 663 g/mol. The van der Waals surface area contributed by atoms with E-state index in [9.17, 15) is 24.3 Å². The lowest BCUT2D eigenvalue weighted by Crippen LogP contribution is -2.71. The van der Waals surface area contributed by atoms with Crippen LogP contribution in [-0.2, 0) is 37.1 Å². The van der Waals surface area contributed by atoms with Crippen molar-refractivity contribution in [3.63, 3.8) is 0 Å². The molecule has 0 spiro atoms. The first-order chi connectivity index (χ1) is 20.9. The molecule has 7 N–H and O–H groups in total. The number of anilines is 1. The van der Waals surface area contributed by atoms with E-state index in [0.717, 1.165) is 27.3 Å². The van der Waals surface area contributed by atoms with Crippen LogP contribution in [0.2, 0.25) is 4.34 Å². The van der Waals surface area contributed by atoms with Gasteiger partial charge in [-0.1, -0.05) is 28.1 Å². The van der Waals surface area contributed by atoms with Gasteiger partial charge in [0.1, 0.15) is 32.7 Å². The van der Waals surface area contributed by atoms with Crippen LogP contribution >= 0.6 is 34.7 Å². The number of aromatic nitrogens is 3. The van der Waals surface area contributed by atoms with Gasteiger partial charge in [0, 0.05) is 42.2 Å². The van der Waals surface area contributed by atoms with Gasteiger partial charge in [-0.3, -0.25) is 14.5 Å². The summed E-state index contributed by atoms with van der Waals surface area (Å²) in [6.45, 7) is 3.95. The van der Waals surface area contributed by atoms with Gasteiger partial charge in [0.25, 0.3) is 11.8 Å². The molecule has 0 radical (unpaired) electrons. The van der Waals surface area contributed by atoms with Crippen molar-refractivity contribution in [1.29, 1.82) is 0 Å². The minimum atomic E-state index is -1.41. The molecule has 1 unspecified atom stereocenters. The predicted molar refractivity (Wildman–Crippen MR) is 162 cm³/mol. The molecule has 15 nitrogen and oxygen atoms in total. The molecule has 2 aliphatic heterocycles. The molecule has 0 aliphatic carbocycles. The van der Waals surface area contributed by atoms with Gasteiger partial charge in [0.2, 0.25) is 11.6 Å². The topological polar surface area (TPSA) is 219 Å². The molecule has 3 aromatic heterocycles. The SMILES string of the molecule is CC(N)Cn1ccc2c1ccc[n+]2CC1=C(C(=O)O)N2C(=O)[C@@H](NC(=O)C(=NO[C@@H](C)C(=O)O)c3nc(N)sc3Cl)[C@H]2SC1. The molecule has 2 aliphatic rings. The molecule has 2 amide bonds. The number of nitrogen functional groups attached to an aromatic ring is 1. The molecule has 18 heteroatoms. The molecular weight excluding hydrogens is 636 g/mol. The Morgan fingerprint density at radius 2 is 2.07 bits per heavy atom. The van der Waals surface area contributed by atoms with E-state index < -0.39 is 47.0 Å². The van der Waals surface area contributed by atoms with Gasteiger partial charge in [-0.2, -0.15) is 4.57 Å². The van der Waals surface area contributed by atoms with Crippen LogP contribution in [0.3, 0.4) is 0 Å². The fourth-order valence-corrected chi connectivity index (χ4v) is 7.14. The van der Waals surface area contributed by atoms with Gasteiger partial charge in [-0.05, 0) is 19.9 Å². The average molecular weight is 664 g/mol. The summed E-state index contributed by atoms with van der Waals surface area (Å²) >= 11 is 8.32. The van der Waals surface area contributed by atoms with Crippen molar-refractivity contribution in [2.45, 2.75) is 50.5 Å². The van der Waals surface area contributed by atoms with Crippen molar-refractivity contribution in [1.82, 2.24) is 19.8 Å². The van der Waals surface area contributed by atoms with Crippen molar-refractivity contribution in [2.24, 2.45) is 10.9 Å². The van der Waals surface area contributed by atoms with Crippen LogP contribution in [-0.4, -0.2) is 83.4 Å². The Kier molecular flexibility index (Phi) is 8.83. The zero-order valence-electron chi connectivity index (χ0n) is 23.3. The number of thiazole rings is 1. The fraction of sp³-hybridized carbons (Fsp3) is 0.346. The second-order valence-corrected chi connectivity index (χ2v) is 12.9. The highest BCUT2D eigenvalue weighted by atomic mass is 35.5. The summed E-state index contributed by atoms with van der Waals surface area (Å²) in [5, 5.41) is 24.8. The molecule has 0 saturated carbocycles. The molecule has 1 fully saturated rings. The van der Waals surface area contributed by atoms with E-state index in [1.807, 2.05) is 46.7 Å². The Labute approximate surface area is 263 Å². The van der Waals surface area contributed by atoms with Gasteiger partial charge in [0.05, 0.1) is 0 Å². The first-order valence-corrected chi connectivity index (χ1v) is 15.4. The van der Waals surface area contributed by atoms with Crippen LogP contribution in [0.25, 0.3) is 11.0 Å². The number of carboxylic acids is 2. The molecule has 4 atom stereocenters. The molecule has 3 aromatic rings. The lowest BCUT2D eigenvalue weighted by molar-refractivity contribution is -0.663. The Morgan fingerprint density at radius 1 is 1.32 bits per heavy atom. The Balaban J connectivity index is 1.38. The molecule has 44 heavy (non-hydrogen) atoms. The van der Waals surface area contributed by atoms with Crippen molar-refractivity contribution < 1.29 is 38.8 Å². The van der Waals surface area contributed by atoms with E-state index in [1.165, 1.54) is 18.7 Å². The average Bonchev–Trinajstić information content (AvgIpc) is 3.52. The number of nitrogens with two attached hydrogens (primary N) is 2. The number of rotatable bonds is 11. The van der Waals surface area contributed by atoms with Gasteiger partial charge >= 0.3 is 11.9 Å². The molecule has 5 rings (SSSR count). The normalized spacial score (nSPS) is 19.8. The number of halogens is 1. The first kappa shape index (κ1) is 31.2. The second kappa shape index (κ2) is 12.4.